The lowest BCUT2D eigenvalue weighted by atomic mass is 10.1. The van der Waals surface area contributed by atoms with Gasteiger partial charge < -0.3 is 16.0 Å². The molecule has 0 heterocycles. The van der Waals surface area contributed by atoms with Gasteiger partial charge in [0.1, 0.15) is 0 Å². The molecule has 6 nitrogen and oxygen atoms in total. The van der Waals surface area contributed by atoms with Gasteiger partial charge in [-0.2, -0.15) is 0 Å². The van der Waals surface area contributed by atoms with Crippen molar-refractivity contribution in [3.05, 3.63) is 35.9 Å². The smallest absolute Gasteiger partial charge is 0.223 e. The summed E-state index contributed by atoms with van der Waals surface area (Å²) in [5.41, 5.74) is 1.33. The molecule has 1 aromatic rings. The zero-order valence-electron chi connectivity index (χ0n) is 17.0. The van der Waals surface area contributed by atoms with E-state index in [0.29, 0.717) is 19.1 Å². The Kier molecular flexibility index (Phi) is 9.11. The SMILES string of the molecule is CCNC(=NCCC(C)N(C)Cc1ccccc1)NCCNC(=O)C1CC1. The van der Waals surface area contributed by atoms with E-state index in [9.17, 15) is 4.79 Å². The maximum atomic E-state index is 11.6. The van der Waals surface area contributed by atoms with Crippen LogP contribution in [0.3, 0.4) is 0 Å². The average molecular weight is 374 g/mol. The molecule has 1 aromatic carbocycles. The molecule has 27 heavy (non-hydrogen) atoms. The Balaban J connectivity index is 1.67. The fourth-order valence-corrected chi connectivity index (χ4v) is 2.81. The van der Waals surface area contributed by atoms with Crippen LogP contribution in [0, 0.1) is 5.92 Å². The number of hydrogen-bond donors (Lipinski definition) is 3. The van der Waals surface area contributed by atoms with Crippen LogP contribution in [0.15, 0.2) is 35.3 Å². The van der Waals surface area contributed by atoms with Gasteiger partial charge in [0.15, 0.2) is 5.96 Å². The summed E-state index contributed by atoms with van der Waals surface area (Å²) >= 11 is 0. The van der Waals surface area contributed by atoms with Crippen LogP contribution in [0.5, 0.6) is 0 Å². The number of guanidine groups is 1. The summed E-state index contributed by atoms with van der Waals surface area (Å²) < 4.78 is 0. The van der Waals surface area contributed by atoms with Crippen molar-refractivity contribution in [3.8, 4) is 0 Å². The van der Waals surface area contributed by atoms with Gasteiger partial charge in [-0.25, -0.2) is 0 Å². The molecule has 1 unspecified atom stereocenters. The lowest BCUT2D eigenvalue weighted by Crippen LogP contribution is -2.42. The highest BCUT2D eigenvalue weighted by Crippen LogP contribution is 2.28. The number of benzene rings is 1. The van der Waals surface area contributed by atoms with Gasteiger partial charge in [0.05, 0.1) is 0 Å². The third-order valence-corrected chi connectivity index (χ3v) is 4.85. The monoisotopic (exact) mass is 373 g/mol. The molecule has 1 fully saturated rings. The van der Waals surface area contributed by atoms with E-state index in [4.69, 9.17) is 0 Å². The van der Waals surface area contributed by atoms with Crippen molar-refractivity contribution in [1.29, 1.82) is 0 Å². The summed E-state index contributed by atoms with van der Waals surface area (Å²) in [4.78, 5) is 18.6. The number of carbonyl (C=O) groups excluding carboxylic acids is 1. The largest absolute Gasteiger partial charge is 0.357 e. The molecule has 0 aromatic heterocycles. The minimum absolute atomic E-state index is 0.189. The van der Waals surface area contributed by atoms with Crippen LogP contribution in [0.25, 0.3) is 0 Å². The van der Waals surface area contributed by atoms with Gasteiger partial charge in [-0.1, -0.05) is 30.3 Å². The Morgan fingerprint density at radius 3 is 2.56 bits per heavy atom. The molecule has 0 aliphatic heterocycles. The molecule has 1 aliphatic rings. The number of nitrogens with zero attached hydrogens (tertiary/aromatic N) is 2. The maximum Gasteiger partial charge on any atom is 0.223 e. The second-order valence-corrected chi connectivity index (χ2v) is 7.29. The van der Waals surface area contributed by atoms with Crippen LogP contribution in [0.4, 0.5) is 0 Å². The number of aliphatic imine (C=N–C) groups is 1. The van der Waals surface area contributed by atoms with Gasteiger partial charge in [0.2, 0.25) is 5.91 Å². The molecule has 1 aliphatic carbocycles. The molecule has 1 amide bonds. The van der Waals surface area contributed by atoms with Crippen LogP contribution in [-0.2, 0) is 11.3 Å². The molecular weight excluding hydrogens is 338 g/mol. The molecule has 3 N–H and O–H groups in total. The maximum absolute atomic E-state index is 11.6. The third kappa shape index (κ3) is 8.43. The second kappa shape index (κ2) is 11.6. The third-order valence-electron chi connectivity index (χ3n) is 4.85. The van der Waals surface area contributed by atoms with E-state index in [2.05, 4.69) is 71.0 Å². The van der Waals surface area contributed by atoms with Crippen molar-refractivity contribution in [2.24, 2.45) is 10.9 Å². The number of rotatable bonds is 11. The minimum Gasteiger partial charge on any atom is -0.357 e. The molecule has 0 spiro atoms. The lowest BCUT2D eigenvalue weighted by molar-refractivity contribution is -0.122. The van der Waals surface area contributed by atoms with Crippen LogP contribution in [0.2, 0.25) is 0 Å². The second-order valence-electron chi connectivity index (χ2n) is 7.29. The van der Waals surface area contributed by atoms with E-state index in [0.717, 1.165) is 44.9 Å². The topological polar surface area (TPSA) is 68.8 Å². The number of amides is 1. The summed E-state index contributed by atoms with van der Waals surface area (Å²) in [5.74, 6) is 1.27. The predicted octanol–water partition coefficient (Wildman–Crippen LogP) is 1.98. The normalized spacial score (nSPS) is 15.5. The summed E-state index contributed by atoms with van der Waals surface area (Å²) in [5, 5.41) is 9.51. The Hall–Kier alpha value is -2.08. The van der Waals surface area contributed by atoms with Gasteiger partial charge in [-0.05, 0) is 45.7 Å². The fourth-order valence-electron chi connectivity index (χ4n) is 2.81. The van der Waals surface area contributed by atoms with Crippen LogP contribution < -0.4 is 16.0 Å². The molecule has 0 bridgehead atoms. The summed E-state index contributed by atoms with van der Waals surface area (Å²) in [6.45, 7) is 8.16. The van der Waals surface area contributed by atoms with E-state index in [1.165, 1.54) is 5.56 Å². The molecular formula is C21H35N5O. The molecule has 0 saturated heterocycles. The number of nitrogens with one attached hydrogen (secondary N) is 3. The standard InChI is InChI=1S/C21H35N5O/c1-4-22-21(25-15-14-23-20(27)19-10-11-19)24-13-12-17(2)26(3)16-18-8-6-5-7-9-18/h5-9,17,19H,4,10-16H2,1-3H3,(H,23,27)(H2,22,24,25). The van der Waals surface area contributed by atoms with Gasteiger partial charge >= 0.3 is 0 Å². The van der Waals surface area contributed by atoms with Crippen molar-refractivity contribution in [1.82, 2.24) is 20.9 Å². The van der Waals surface area contributed by atoms with E-state index >= 15 is 0 Å². The first kappa shape index (κ1) is 21.2. The lowest BCUT2D eigenvalue weighted by Gasteiger charge is -2.24. The van der Waals surface area contributed by atoms with E-state index in [1.54, 1.807) is 0 Å². The van der Waals surface area contributed by atoms with Crippen molar-refractivity contribution < 1.29 is 4.79 Å². The van der Waals surface area contributed by atoms with Crippen molar-refractivity contribution in [2.75, 3.05) is 33.2 Å². The first-order valence-electron chi connectivity index (χ1n) is 10.1. The summed E-state index contributed by atoms with van der Waals surface area (Å²) in [7, 11) is 2.16. The molecule has 150 valence electrons. The zero-order chi connectivity index (χ0) is 19.5. The van der Waals surface area contributed by atoms with Crippen molar-refractivity contribution in [3.63, 3.8) is 0 Å². The first-order valence-corrected chi connectivity index (χ1v) is 10.1. The van der Waals surface area contributed by atoms with Gasteiger partial charge in [0.25, 0.3) is 0 Å². The van der Waals surface area contributed by atoms with E-state index in [1.807, 2.05) is 6.07 Å². The summed E-state index contributed by atoms with van der Waals surface area (Å²) in [6, 6.07) is 11.0. The van der Waals surface area contributed by atoms with E-state index in [-0.39, 0.29) is 11.8 Å². The zero-order valence-corrected chi connectivity index (χ0v) is 17.0. The van der Waals surface area contributed by atoms with Crippen molar-refractivity contribution in [2.45, 2.75) is 45.7 Å². The number of hydrogen-bond acceptors (Lipinski definition) is 3. The first-order chi connectivity index (χ1) is 13.1. The van der Waals surface area contributed by atoms with Crippen LogP contribution >= 0.6 is 0 Å². The molecule has 6 heteroatoms. The van der Waals surface area contributed by atoms with Crippen LogP contribution in [0.1, 0.15) is 38.7 Å². The van der Waals surface area contributed by atoms with Gasteiger partial charge in [0, 0.05) is 44.7 Å². The minimum atomic E-state index is 0.189. The Morgan fingerprint density at radius 1 is 1.19 bits per heavy atom. The number of carbonyl (C=O) groups is 1. The average Bonchev–Trinajstić information content (AvgIpc) is 3.51. The molecule has 0 radical (unpaired) electrons. The van der Waals surface area contributed by atoms with Gasteiger partial charge in [-0.3, -0.25) is 14.7 Å². The van der Waals surface area contributed by atoms with E-state index < -0.39 is 0 Å². The van der Waals surface area contributed by atoms with Crippen LogP contribution in [-0.4, -0.2) is 56.0 Å². The predicted molar refractivity (Wildman–Crippen MR) is 112 cm³/mol. The fraction of sp³-hybridized carbons (Fsp3) is 0.619. The highest BCUT2D eigenvalue weighted by Gasteiger charge is 2.28. The highest BCUT2D eigenvalue weighted by atomic mass is 16.2. The van der Waals surface area contributed by atoms with Gasteiger partial charge in [-0.15, -0.1) is 0 Å². The van der Waals surface area contributed by atoms with Crippen molar-refractivity contribution >= 4 is 11.9 Å². The molecule has 2 rings (SSSR count). The highest BCUT2D eigenvalue weighted by molar-refractivity contribution is 5.81. The Morgan fingerprint density at radius 2 is 1.89 bits per heavy atom. The quantitative estimate of drug-likeness (QED) is 0.315. The summed E-state index contributed by atoms with van der Waals surface area (Å²) in [6.07, 6.45) is 3.08. The molecule has 1 atom stereocenters. The Bertz CT molecular complexity index is 585. The Labute approximate surface area is 163 Å². The molecule has 1 saturated carbocycles.